The van der Waals surface area contributed by atoms with Gasteiger partial charge in [-0.05, 0) is 42.2 Å². The number of hydrogen-bond donors (Lipinski definition) is 2. The van der Waals surface area contributed by atoms with E-state index in [4.69, 9.17) is 10.3 Å². The molecule has 0 radical (unpaired) electrons. The van der Waals surface area contributed by atoms with Gasteiger partial charge in [0.1, 0.15) is 0 Å². The average molecular weight is 295 g/mol. The van der Waals surface area contributed by atoms with E-state index in [1.165, 1.54) is 11.1 Å². The molecule has 0 saturated carbocycles. The number of benzene rings is 1. The summed E-state index contributed by atoms with van der Waals surface area (Å²) in [6, 6.07) is 8.30. The monoisotopic (exact) mass is 294 g/mol. The van der Waals surface area contributed by atoms with E-state index in [0.717, 1.165) is 16.5 Å². The van der Waals surface area contributed by atoms with E-state index in [2.05, 4.69) is 40.4 Å². The highest BCUT2D eigenvalue weighted by Crippen LogP contribution is 2.23. The second-order valence-corrected chi connectivity index (χ2v) is 4.92. The van der Waals surface area contributed by atoms with Crippen molar-refractivity contribution in [1.82, 2.24) is 5.43 Å². The topological polar surface area (TPSA) is 51.2 Å². The van der Waals surface area contributed by atoms with Crippen molar-refractivity contribution in [3.63, 3.8) is 0 Å². The van der Waals surface area contributed by atoms with Crippen LogP contribution in [0.1, 0.15) is 22.7 Å². The highest BCUT2D eigenvalue weighted by atomic mass is 79.9. The molecule has 0 fully saturated rings. The molecule has 0 aliphatic rings. The first-order valence-electron chi connectivity index (χ1n) is 5.44. The summed E-state index contributed by atoms with van der Waals surface area (Å²) in [4.78, 5) is 0. The maximum atomic E-state index is 5.62. The summed E-state index contributed by atoms with van der Waals surface area (Å²) in [5.41, 5.74) is 6.36. The predicted molar refractivity (Wildman–Crippen MR) is 71.4 cm³/mol. The van der Waals surface area contributed by atoms with Gasteiger partial charge in [0.05, 0.1) is 18.6 Å². The molecule has 0 saturated heterocycles. The number of furan rings is 1. The molecule has 0 spiro atoms. The van der Waals surface area contributed by atoms with Gasteiger partial charge in [-0.2, -0.15) is 0 Å². The van der Waals surface area contributed by atoms with E-state index in [1.807, 2.05) is 12.1 Å². The maximum Gasteiger partial charge on any atom is 0.0935 e. The number of hydrazine groups is 1. The molecule has 1 unspecified atom stereocenters. The first-order chi connectivity index (χ1) is 8.20. The molecule has 1 aromatic heterocycles. The number of aryl methyl sites for hydroxylation is 1. The fraction of sp³-hybridized carbons (Fsp3) is 0.231. The molecular formula is C13H15BrN2O. The molecule has 3 N–H and O–H groups in total. The van der Waals surface area contributed by atoms with Gasteiger partial charge >= 0.3 is 0 Å². The lowest BCUT2D eigenvalue weighted by atomic mass is 9.99. The van der Waals surface area contributed by atoms with Crippen molar-refractivity contribution in [2.75, 3.05) is 0 Å². The van der Waals surface area contributed by atoms with E-state index in [0.29, 0.717) is 0 Å². The fourth-order valence-corrected chi connectivity index (χ4v) is 2.05. The zero-order valence-corrected chi connectivity index (χ0v) is 11.2. The van der Waals surface area contributed by atoms with E-state index in [-0.39, 0.29) is 6.04 Å². The van der Waals surface area contributed by atoms with Gasteiger partial charge in [-0.25, -0.2) is 0 Å². The summed E-state index contributed by atoms with van der Waals surface area (Å²) in [5.74, 6) is 5.62. The van der Waals surface area contributed by atoms with E-state index < -0.39 is 0 Å². The number of halogens is 1. The van der Waals surface area contributed by atoms with Gasteiger partial charge in [-0.1, -0.05) is 28.1 Å². The Balaban J connectivity index is 2.20. The summed E-state index contributed by atoms with van der Waals surface area (Å²) in [7, 11) is 0. The molecule has 1 aromatic carbocycles. The van der Waals surface area contributed by atoms with Gasteiger partial charge in [0.2, 0.25) is 0 Å². The fourth-order valence-electron chi connectivity index (χ4n) is 1.80. The van der Waals surface area contributed by atoms with Crippen molar-refractivity contribution in [3.8, 4) is 0 Å². The van der Waals surface area contributed by atoms with Crippen LogP contribution >= 0.6 is 15.9 Å². The van der Waals surface area contributed by atoms with E-state index in [9.17, 15) is 0 Å². The van der Waals surface area contributed by atoms with Crippen LogP contribution in [0.4, 0.5) is 0 Å². The Kier molecular flexibility index (Phi) is 3.99. The first kappa shape index (κ1) is 12.4. The lowest BCUT2D eigenvalue weighted by Gasteiger charge is -2.16. The highest BCUT2D eigenvalue weighted by Gasteiger charge is 2.12. The molecule has 0 bridgehead atoms. The Morgan fingerprint density at radius 1 is 1.41 bits per heavy atom. The minimum Gasteiger partial charge on any atom is -0.472 e. The molecule has 1 atom stereocenters. The molecule has 4 heteroatoms. The average Bonchev–Trinajstić information content (AvgIpc) is 2.82. The van der Waals surface area contributed by atoms with Crippen LogP contribution < -0.4 is 11.3 Å². The van der Waals surface area contributed by atoms with Gasteiger partial charge in [-0.3, -0.25) is 11.3 Å². The highest BCUT2D eigenvalue weighted by molar-refractivity contribution is 9.10. The van der Waals surface area contributed by atoms with Crippen molar-refractivity contribution >= 4 is 15.9 Å². The minimum absolute atomic E-state index is 0.0967. The number of rotatable bonds is 4. The summed E-state index contributed by atoms with van der Waals surface area (Å²) >= 11 is 3.49. The minimum atomic E-state index is 0.0967. The molecule has 2 aromatic rings. The molecule has 0 amide bonds. The number of hydrogen-bond acceptors (Lipinski definition) is 3. The Morgan fingerprint density at radius 2 is 2.24 bits per heavy atom. The van der Waals surface area contributed by atoms with Crippen LogP contribution in [-0.4, -0.2) is 0 Å². The van der Waals surface area contributed by atoms with Gasteiger partial charge < -0.3 is 4.42 Å². The Bertz CT molecular complexity index is 482. The third kappa shape index (κ3) is 2.97. The molecule has 1 heterocycles. The SMILES string of the molecule is Cc1cc(C(Cc2ccoc2)NN)ccc1Br. The number of nitrogens with two attached hydrogens (primary N) is 1. The van der Waals surface area contributed by atoms with Crippen molar-refractivity contribution in [1.29, 1.82) is 0 Å². The maximum absolute atomic E-state index is 5.62. The summed E-state index contributed by atoms with van der Waals surface area (Å²) in [6.45, 7) is 2.07. The van der Waals surface area contributed by atoms with Crippen LogP contribution in [0.3, 0.4) is 0 Å². The molecule has 3 nitrogen and oxygen atoms in total. The van der Waals surface area contributed by atoms with Gasteiger partial charge in [-0.15, -0.1) is 0 Å². The zero-order chi connectivity index (χ0) is 12.3. The van der Waals surface area contributed by atoms with Gasteiger partial charge in [0.15, 0.2) is 0 Å². The molecule has 0 aliphatic carbocycles. The molecule has 0 aliphatic heterocycles. The van der Waals surface area contributed by atoms with Gasteiger partial charge in [0.25, 0.3) is 0 Å². The van der Waals surface area contributed by atoms with Crippen LogP contribution in [0.25, 0.3) is 0 Å². The normalized spacial score (nSPS) is 12.6. The van der Waals surface area contributed by atoms with Crippen molar-refractivity contribution in [2.24, 2.45) is 5.84 Å². The summed E-state index contributed by atoms with van der Waals surface area (Å²) < 4.78 is 6.17. The van der Waals surface area contributed by atoms with Crippen LogP contribution in [0.5, 0.6) is 0 Å². The van der Waals surface area contributed by atoms with Crippen LogP contribution in [0.2, 0.25) is 0 Å². The third-order valence-corrected chi connectivity index (χ3v) is 3.70. The quantitative estimate of drug-likeness (QED) is 0.673. The van der Waals surface area contributed by atoms with Crippen LogP contribution in [0.15, 0.2) is 45.7 Å². The largest absolute Gasteiger partial charge is 0.472 e. The second kappa shape index (κ2) is 5.49. The van der Waals surface area contributed by atoms with E-state index in [1.54, 1.807) is 12.5 Å². The van der Waals surface area contributed by atoms with E-state index >= 15 is 0 Å². The lowest BCUT2D eigenvalue weighted by Crippen LogP contribution is -2.29. The Labute approximate surface area is 109 Å². The summed E-state index contributed by atoms with van der Waals surface area (Å²) in [6.07, 6.45) is 4.24. The third-order valence-electron chi connectivity index (χ3n) is 2.81. The van der Waals surface area contributed by atoms with Gasteiger partial charge in [0, 0.05) is 4.47 Å². The molecular weight excluding hydrogens is 280 g/mol. The van der Waals surface area contributed by atoms with Crippen LogP contribution in [0, 0.1) is 6.92 Å². The standard InChI is InChI=1S/C13H15BrN2O/c1-9-6-11(2-3-12(9)14)13(16-15)7-10-4-5-17-8-10/h2-6,8,13,16H,7,15H2,1H3. The first-order valence-corrected chi connectivity index (χ1v) is 6.23. The zero-order valence-electron chi connectivity index (χ0n) is 9.61. The molecule has 90 valence electrons. The predicted octanol–water partition coefficient (Wildman–Crippen LogP) is 3.10. The van der Waals surface area contributed by atoms with Crippen molar-refractivity contribution in [3.05, 3.63) is 58.0 Å². The lowest BCUT2D eigenvalue weighted by molar-refractivity contribution is 0.535. The smallest absolute Gasteiger partial charge is 0.0935 e. The van der Waals surface area contributed by atoms with Crippen molar-refractivity contribution < 1.29 is 4.42 Å². The second-order valence-electron chi connectivity index (χ2n) is 4.06. The van der Waals surface area contributed by atoms with Crippen molar-refractivity contribution in [2.45, 2.75) is 19.4 Å². The number of nitrogens with one attached hydrogen (secondary N) is 1. The van der Waals surface area contributed by atoms with Crippen LogP contribution in [-0.2, 0) is 6.42 Å². The Hall–Kier alpha value is -1.10. The summed E-state index contributed by atoms with van der Waals surface area (Å²) in [5, 5.41) is 0. The molecule has 17 heavy (non-hydrogen) atoms. The Morgan fingerprint density at radius 3 is 2.82 bits per heavy atom. The molecule has 2 rings (SSSR count).